The van der Waals surface area contributed by atoms with Gasteiger partial charge in [0.15, 0.2) is 0 Å². The Morgan fingerprint density at radius 1 is 1.23 bits per heavy atom. The summed E-state index contributed by atoms with van der Waals surface area (Å²) in [5.74, 6) is -1.09. The molecular weight excluding hydrogens is 363 g/mol. The molecule has 2 rings (SSSR count). The number of halogens is 4. The second-order valence-corrected chi connectivity index (χ2v) is 5.24. The van der Waals surface area contributed by atoms with Gasteiger partial charge in [-0.25, -0.2) is 4.39 Å². The molecule has 0 aliphatic carbocycles. The van der Waals surface area contributed by atoms with Crippen molar-refractivity contribution in [3.05, 3.63) is 63.9 Å². The van der Waals surface area contributed by atoms with Crippen molar-refractivity contribution >= 4 is 21.8 Å². The lowest BCUT2D eigenvalue weighted by atomic mass is 10.1. The third-order valence-corrected chi connectivity index (χ3v) is 3.21. The van der Waals surface area contributed by atoms with Crippen molar-refractivity contribution in [1.29, 1.82) is 0 Å². The fourth-order valence-electron chi connectivity index (χ4n) is 1.82. The number of nitrogens with one attached hydrogen (secondary N) is 1. The maximum Gasteiger partial charge on any atom is 0.387 e. The topological polar surface area (TPSA) is 38.3 Å². The van der Waals surface area contributed by atoms with Gasteiger partial charge in [-0.1, -0.05) is 34.1 Å². The summed E-state index contributed by atoms with van der Waals surface area (Å²) in [6.45, 7) is -2.97. The molecule has 2 aromatic carbocycles. The number of rotatable bonds is 5. The first-order chi connectivity index (χ1) is 10.5. The predicted molar refractivity (Wildman–Crippen MR) is 78.3 cm³/mol. The van der Waals surface area contributed by atoms with Crippen LogP contribution in [0.2, 0.25) is 0 Å². The predicted octanol–water partition coefficient (Wildman–Crippen LogP) is 4.12. The fraction of sp³-hybridized carbons (Fsp3) is 0.133. The summed E-state index contributed by atoms with van der Waals surface area (Å²) in [5, 5.41) is 2.53. The van der Waals surface area contributed by atoms with Crippen LogP contribution in [0.25, 0.3) is 0 Å². The molecule has 1 amide bonds. The van der Waals surface area contributed by atoms with E-state index in [9.17, 15) is 18.0 Å². The average molecular weight is 374 g/mol. The number of carbonyl (C=O) groups is 1. The Hall–Kier alpha value is -2.02. The molecule has 7 heteroatoms. The first kappa shape index (κ1) is 16.4. The second kappa shape index (κ2) is 7.31. The summed E-state index contributed by atoms with van der Waals surface area (Å²) in [6, 6.07) is 9.89. The molecule has 0 saturated carbocycles. The summed E-state index contributed by atoms with van der Waals surface area (Å²) in [6.07, 6.45) is 0. The summed E-state index contributed by atoms with van der Waals surface area (Å²) >= 11 is 3.09. The Bertz CT molecular complexity index is 659. The molecule has 1 N–H and O–H groups in total. The third kappa shape index (κ3) is 4.49. The van der Waals surface area contributed by atoms with E-state index in [-0.39, 0.29) is 17.9 Å². The van der Waals surface area contributed by atoms with Crippen molar-refractivity contribution in [2.75, 3.05) is 0 Å². The molecule has 0 fully saturated rings. The monoisotopic (exact) mass is 373 g/mol. The van der Waals surface area contributed by atoms with E-state index in [2.05, 4.69) is 26.0 Å². The number of amides is 1. The molecule has 0 saturated heterocycles. The van der Waals surface area contributed by atoms with Crippen molar-refractivity contribution in [2.45, 2.75) is 13.2 Å². The number of alkyl halides is 2. The van der Waals surface area contributed by atoms with Gasteiger partial charge < -0.3 is 10.1 Å². The zero-order valence-electron chi connectivity index (χ0n) is 11.2. The molecular formula is C15H11BrF3NO2. The number of carbonyl (C=O) groups excluding carboxylic acids is 1. The molecule has 0 spiro atoms. The van der Waals surface area contributed by atoms with Crippen LogP contribution in [-0.2, 0) is 6.54 Å². The highest BCUT2D eigenvalue weighted by molar-refractivity contribution is 9.10. The number of benzene rings is 2. The molecule has 2 aromatic rings. The number of para-hydroxylation sites is 1. The fourth-order valence-corrected chi connectivity index (χ4v) is 2.29. The largest absolute Gasteiger partial charge is 0.434 e. The van der Waals surface area contributed by atoms with Crippen LogP contribution in [-0.4, -0.2) is 12.5 Å². The number of hydrogen-bond acceptors (Lipinski definition) is 2. The Morgan fingerprint density at radius 2 is 1.95 bits per heavy atom. The minimum absolute atomic E-state index is 0.0155. The Labute approximate surface area is 133 Å². The van der Waals surface area contributed by atoms with Gasteiger partial charge in [-0.3, -0.25) is 4.79 Å². The van der Waals surface area contributed by atoms with Gasteiger partial charge in [-0.2, -0.15) is 8.78 Å². The van der Waals surface area contributed by atoms with Crippen molar-refractivity contribution in [3.63, 3.8) is 0 Å². The van der Waals surface area contributed by atoms with E-state index in [4.69, 9.17) is 0 Å². The Morgan fingerprint density at radius 3 is 2.64 bits per heavy atom. The summed E-state index contributed by atoms with van der Waals surface area (Å²) < 4.78 is 42.6. The molecule has 0 bridgehead atoms. The van der Waals surface area contributed by atoms with Crippen LogP contribution < -0.4 is 10.1 Å². The highest BCUT2D eigenvalue weighted by atomic mass is 79.9. The van der Waals surface area contributed by atoms with E-state index in [0.29, 0.717) is 10.0 Å². The van der Waals surface area contributed by atoms with Gasteiger partial charge in [0, 0.05) is 22.1 Å². The normalized spacial score (nSPS) is 10.6. The van der Waals surface area contributed by atoms with Gasteiger partial charge in [-0.05, 0) is 24.3 Å². The van der Waals surface area contributed by atoms with E-state index < -0.39 is 18.3 Å². The number of hydrogen-bond donors (Lipinski definition) is 1. The van der Waals surface area contributed by atoms with Crippen molar-refractivity contribution in [2.24, 2.45) is 0 Å². The quantitative estimate of drug-likeness (QED) is 0.855. The molecule has 3 nitrogen and oxygen atoms in total. The van der Waals surface area contributed by atoms with Gasteiger partial charge in [0.05, 0.1) is 0 Å². The average Bonchev–Trinajstić information content (AvgIpc) is 2.44. The van der Waals surface area contributed by atoms with E-state index in [0.717, 1.165) is 6.07 Å². The van der Waals surface area contributed by atoms with Crippen molar-refractivity contribution < 1.29 is 22.7 Å². The van der Waals surface area contributed by atoms with E-state index in [1.807, 2.05) is 0 Å². The lowest BCUT2D eigenvalue weighted by molar-refractivity contribution is -0.0504. The smallest absolute Gasteiger partial charge is 0.387 e. The Kier molecular flexibility index (Phi) is 5.43. The summed E-state index contributed by atoms with van der Waals surface area (Å²) in [5.41, 5.74) is 0.519. The number of ether oxygens (including phenoxy) is 1. The first-order valence-corrected chi connectivity index (χ1v) is 7.02. The van der Waals surface area contributed by atoms with Gasteiger partial charge in [0.25, 0.3) is 5.91 Å². The first-order valence-electron chi connectivity index (χ1n) is 6.22. The molecule has 0 aliphatic heterocycles. The zero-order valence-corrected chi connectivity index (χ0v) is 12.7. The van der Waals surface area contributed by atoms with Gasteiger partial charge in [-0.15, -0.1) is 0 Å². The van der Waals surface area contributed by atoms with Crippen LogP contribution in [0.3, 0.4) is 0 Å². The van der Waals surface area contributed by atoms with Gasteiger partial charge >= 0.3 is 6.61 Å². The van der Waals surface area contributed by atoms with Crippen LogP contribution in [0.4, 0.5) is 13.2 Å². The van der Waals surface area contributed by atoms with E-state index in [1.54, 1.807) is 18.2 Å². The lowest BCUT2D eigenvalue weighted by Crippen LogP contribution is -2.23. The maximum atomic E-state index is 13.2. The van der Waals surface area contributed by atoms with Crippen LogP contribution in [0.1, 0.15) is 15.9 Å². The van der Waals surface area contributed by atoms with Crippen LogP contribution >= 0.6 is 15.9 Å². The zero-order chi connectivity index (χ0) is 16.1. The molecule has 0 aliphatic rings. The lowest BCUT2D eigenvalue weighted by Gasteiger charge is -2.11. The minimum atomic E-state index is -2.95. The molecule has 0 heterocycles. The summed E-state index contributed by atoms with van der Waals surface area (Å²) in [4.78, 5) is 12.0. The van der Waals surface area contributed by atoms with Gasteiger partial charge in [0.2, 0.25) is 0 Å². The Balaban J connectivity index is 2.08. The van der Waals surface area contributed by atoms with Crippen LogP contribution in [0.5, 0.6) is 5.75 Å². The van der Waals surface area contributed by atoms with Crippen molar-refractivity contribution in [1.82, 2.24) is 5.32 Å². The van der Waals surface area contributed by atoms with Crippen LogP contribution in [0.15, 0.2) is 46.9 Å². The molecule has 0 radical (unpaired) electrons. The molecule has 0 atom stereocenters. The summed E-state index contributed by atoms with van der Waals surface area (Å²) in [7, 11) is 0. The standard InChI is InChI=1S/C15H11BrF3NO2/c16-11-5-10(6-12(17)7-11)14(21)20-8-9-3-1-2-4-13(9)22-15(18)19/h1-7,15H,8H2,(H,20,21). The molecule has 0 aromatic heterocycles. The maximum absolute atomic E-state index is 13.2. The highest BCUT2D eigenvalue weighted by Crippen LogP contribution is 2.20. The van der Waals surface area contributed by atoms with E-state index in [1.165, 1.54) is 18.2 Å². The second-order valence-electron chi connectivity index (χ2n) is 4.33. The highest BCUT2D eigenvalue weighted by Gasteiger charge is 2.12. The molecule has 22 heavy (non-hydrogen) atoms. The van der Waals surface area contributed by atoms with Crippen molar-refractivity contribution in [3.8, 4) is 5.75 Å². The van der Waals surface area contributed by atoms with Gasteiger partial charge in [0.1, 0.15) is 11.6 Å². The molecule has 116 valence electrons. The third-order valence-electron chi connectivity index (χ3n) is 2.75. The minimum Gasteiger partial charge on any atom is -0.434 e. The molecule has 0 unspecified atom stereocenters. The SMILES string of the molecule is O=C(NCc1ccccc1OC(F)F)c1cc(F)cc(Br)c1. The van der Waals surface area contributed by atoms with Crippen LogP contribution in [0, 0.1) is 5.82 Å². The van der Waals surface area contributed by atoms with E-state index >= 15 is 0 Å².